The van der Waals surface area contributed by atoms with Crippen molar-refractivity contribution in [3.8, 4) is 0 Å². The van der Waals surface area contributed by atoms with Gasteiger partial charge in [-0.25, -0.2) is 13.6 Å². The molecule has 27 heavy (non-hydrogen) atoms. The Balaban J connectivity index is 0.00000261. The summed E-state index contributed by atoms with van der Waals surface area (Å²) >= 11 is 0. The number of carbonyl (C=O) groups excluding carboxylic acids is 1. The molecule has 2 aliphatic heterocycles. The molecule has 2 saturated heterocycles. The lowest BCUT2D eigenvalue weighted by Crippen LogP contribution is -2.32. The van der Waals surface area contributed by atoms with Gasteiger partial charge in [-0.05, 0) is 24.0 Å². The van der Waals surface area contributed by atoms with Crippen molar-refractivity contribution in [2.75, 3.05) is 38.0 Å². The van der Waals surface area contributed by atoms with Gasteiger partial charge in [0.15, 0.2) is 0 Å². The number of nitro groups is 1. The molecule has 1 aromatic rings. The number of amides is 1. The Morgan fingerprint density at radius 3 is 2.52 bits per heavy atom. The number of rotatable bonds is 6. The van der Waals surface area contributed by atoms with Gasteiger partial charge in [-0.1, -0.05) is 0 Å². The molecule has 2 heterocycles. The maximum Gasteiger partial charge on any atom is 0.293 e. The predicted octanol–water partition coefficient (Wildman–Crippen LogP) is 0.144. The molecule has 0 bridgehead atoms. The van der Waals surface area contributed by atoms with E-state index in [9.17, 15) is 23.3 Å². The third-order valence-corrected chi connectivity index (χ3v) is 5.80. The van der Waals surface area contributed by atoms with Gasteiger partial charge in [0.1, 0.15) is 5.69 Å². The van der Waals surface area contributed by atoms with E-state index >= 15 is 0 Å². The standard InChI is InChI=1S/C15H21N5O5S.ClH/c16-26(24,25)12-1-2-13(14(5-12)20(22)23)18-4-3-15(21)19-8-10-6-17-7-11(10)9-19;/h1-2,5,10-11,17-18H,3-4,6-9H2,(H2,16,24,25);1H/t10-,11+;. The molecule has 0 saturated carbocycles. The van der Waals surface area contributed by atoms with Gasteiger partial charge in [0, 0.05) is 45.2 Å². The molecule has 2 atom stereocenters. The summed E-state index contributed by atoms with van der Waals surface area (Å²) in [5.74, 6) is 1.04. The summed E-state index contributed by atoms with van der Waals surface area (Å²) in [5, 5.41) is 22.3. The average molecular weight is 420 g/mol. The minimum absolute atomic E-state index is 0. The molecule has 0 unspecified atom stereocenters. The van der Waals surface area contributed by atoms with Gasteiger partial charge < -0.3 is 15.5 Å². The number of nitro benzene ring substituents is 1. The summed E-state index contributed by atoms with van der Waals surface area (Å²) in [6, 6.07) is 3.39. The minimum Gasteiger partial charge on any atom is -0.379 e. The fourth-order valence-electron chi connectivity index (χ4n) is 3.51. The van der Waals surface area contributed by atoms with Crippen molar-refractivity contribution >= 4 is 39.7 Å². The molecule has 10 nitrogen and oxygen atoms in total. The van der Waals surface area contributed by atoms with Crippen LogP contribution in [0.4, 0.5) is 11.4 Å². The highest BCUT2D eigenvalue weighted by Gasteiger charge is 2.37. The Morgan fingerprint density at radius 1 is 1.33 bits per heavy atom. The number of hydrogen-bond donors (Lipinski definition) is 3. The Hall–Kier alpha value is -1.95. The van der Waals surface area contributed by atoms with E-state index in [4.69, 9.17) is 5.14 Å². The topological polar surface area (TPSA) is 148 Å². The number of likely N-dealkylation sites (tertiary alicyclic amines) is 1. The molecule has 150 valence electrons. The van der Waals surface area contributed by atoms with Crippen LogP contribution in [0.15, 0.2) is 23.1 Å². The third kappa shape index (κ3) is 4.86. The van der Waals surface area contributed by atoms with Crippen LogP contribution in [0.3, 0.4) is 0 Å². The SMILES string of the molecule is Cl.NS(=O)(=O)c1ccc(NCCC(=O)N2C[C@H]3CNC[C@H]3C2)c([N+](=O)[O-])c1. The van der Waals surface area contributed by atoms with Crippen LogP contribution in [0.5, 0.6) is 0 Å². The van der Waals surface area contributed by atoms with Crippen LogP contribution in [-0.4, -0.2) is 56.9 Å². The molecule has 0 radical (unpaired) electrons. The first-order chi connectivity index (χ1) is 12.3. The molecule has 3 rings (SSSR count). The zero-order valence-electron chi connectivity index (χ0n) is 14.5. The van der Waals surface area contributed by atoms with Crippen LogP contribution >= 0.6 is 12.4 Å². The highest BCUT2D eigenvalue weighted by atomic mass is 35.5. The second-order valence-electron chi connectivity index (χ2n) is 6.63. The monoisotopic (exact) mass is 419 g/mol. The van der Waals surface area contributed by atoms with Gasteiger partial charge in [-0.3, -0.25) is 14.9 Å². The average Bonchev–Trinajstić information content (AvgIpc) is 3.15. The number of nitrogens with two attached hydrogens (primary N) is 1. The van der Waals surface area contributed by atoms with Crippen molar-refractivity contribution in [1.29, 1.82) is 0 Å². The molecule has 12 heteroatoms. The Labute approximate surface area is 163 Å². The Bertz CT molecular complexity index is 822. The Kier molecular flexibility index (Phi) is 6.63. The quantitative estimate of drug-likeness (QED) is 0.438. The second kappa shape index (κ2) is 8.38. The van der Waals surface area contributed by atoms with Crippen LogP contribution in [0.1, 0.15) is 6.42 Å². The number of nitrogens with zero attached hydrogens (tertiary/aromatic N) is 2. The number of benzene rings is 1. The lowest BCUT2D eigenvalue weighted by atomic mass is 10.0. The summed E-state index contributed by atoms with van der Waals surface area (Å²) in [6.07, 6.45) is 0.209. The van der Waals surface area contributed by atoms with Crippen LogP contribution < -0.4 is 15.8 Å². The van der Waals surface area contributed by atoms with Crippen LogP contribution in [0.25, 0.3) is 0 Å². The molecular weight excluding hydrogens is 398 g/mol. The molecule has 1 amide bonds. The summed E-state index contributed by atoms with van der Waals surface area (Å²) < 4.78 is 22.7. The van der Waals surface area contributed by atoms with Crippen LogP contribution in [-0.2, 0) is 14.8 Å². The molecule has 2 fully saturated rings. The number of carbonyl (C=O) groups is 1. The van der Waals surface area contributed by atoms with Crippen molar-refractivity contribution in [3.63, 3.8) is 0 Å². The van der Waals surface area contributed by atoms with Gasteiger partial charge in [0.25, 0.3) is 5.69 Å². The maximum atomic E-state index is 12.3. The number of fused-ring (bicyclic) bond motifs is 1. The summed E-state index contributed by atoms with van der Waals surface area (Å²) in [4.78, 5) is 24.3. The number of sulfonamides is 1. The molecule has 0 aromatic heterocycles. The molecule has 2 aliphatic rings. The first-order valence-corrected chi connectivity index (χ1v) is 9.84. The number of hydrogen-bond acceptors (Lipinski definition) is 7. The predicted molar refractivity (Wildman–Crippen MR) is 101 cm³/mol. The summed E-state index contributed by atoms with van der Waals surface area (Å²) in [5.41, 5.74) is -0.247. The van der Waals surface area contributed by atoms with E-state index in [2.05, 4.69) is 10.6 Å². The van der Waals surface area contributed by atoms with Crippen molar-refractivity contribution < 1.29 is 18.1 Å². The molecule has 0 spiro atoms. The lowest BCUT2D eigenvalue weighted by Gasteiger charge is -2.17. The van der Waals surface area contributed by atoms with Crippen molar-refractivity contribution in [1.82, 2.24) is 10.2 Å². The molecule has 4 N–H and O–H groups in total. The maximum absolute atomic E-state index is 12.3. The van der Waals surface area contributed by atoms with Gasteiger partial charge in [0.05, 0.1) is 9.82 Å². The normalized spacial score (nSPS) is 21.4. The van der Waals surface area contributed by atoms with E-state index in [1.165, 1.54) is 12.1 Å². The summed E-state index contributed by atoms with van der Waals surface area (Å²) in [6.45, 7) is 3.60. The van der Waals surface area contributed by atoms with Gasteiger partial charge in [-0.15, -0.1) is 12.4 Å². The zero-order valence-corrected chi connectivity index (χ0v) is 16.1. The second-order valence-corrected chi connectivity index (χ2v) is 8.20. The van der Waals surface area contributed by atoms with E-state index in [-0.39, 0.29) is 41.9 Å². The highest BCUT2D eigenvalue weighted by Crippen LogP contribution is 2.28. The third-order valence-electron chi connectivity index (χ3n) is 4.89. The highest BCUT2D eigenvalue weighted by molar-refractivity contribution is 7.89. The van der Waals surface area contributed by atoms with E-state index in [1.54, 1.807) is 0 Å². The minimum atomic E-state index is -4.03. The van der Waals surface area contributed by atoms with Crippen molar-refractivity contribution in [3.05, 3.63) is 28.3 Å². The number of anilines is 1. The lowest BCUT2D eigenvalue weighted by molar-refractivity contribution is -0.384. The van der Waals surface area contributed by atoms with Gasteiger partial charge >= 0.3 is 0 Å². The number of primary sulfonamides is 1. The zero-order chi connectivity index (χ0) is 18.9. The first kappa shape index (κ1) is 21.4. The van der Waals surface area contributed by atoms with E-state index in [1.807, 2.05) is 4.90 Å². The van der Waals surface area contributed by atoms with Crippen LogP contribution in [0.2, 0.25) is 0 Å². The molecular formula is C15H22ClN5O5S. The van der Waals surface area contributed by atoms with Crippen LogP contribution in [0, 0.1) is 22.0 Å². The number of halogens is 1. The first-order valence-electron chi connectivity index (χ1n) is 8.29. The summed E-state index contributed by atoms with van der Waals surface area (Å²) in [7, 11) is -4.03. The van der Waals surface area contributed by atoms with E-state index in [0.29, 0.717) is 11.8 Å². The van der Waals surface area contributed by atoms with Crippen molar-refractivity contribution in [2.24, 2.45) is 17.0 Å². The van der Waals surface area contributed by atoms with Gasteiger partial charge in [0.2, 0.25) is 15.9 Å². The van der Waals surface area contributed by atoms with Gasteiger partial charge in [-0.2, -0.15) is 0 Å². The smallest absolute Gasteiger partial charge is 0.293 e. The fraction of sp³-hybridized carbons (Fsp3) is 0.533. The fourth-order valence-corrected chi connectivity index (χ4v) is 4.04. The molecule has 1 aromatic carbocycles. The largest absolute Gasteiger partial charge is 0.379 e. The van der Waals surface area contributed by atoms with Crippen molar-refractivity contribution in [2.45, 2.75) is 11.3 Å². The van der Waals surface area contributed by atoms with E-state index in [0.717, 1.165) is 32.2 Å². The van der Waals surface area contributed by atoms with E-state index < -0.39 is 20.6 Å². The number of nitrogens with one attached hydrogen (secondary N) is 2. The molecule has 0 aliphatic carbocycles. The Morgan fingerprint density at radius 2 is 1.96 bits per heavy atom.